The molecule has 2 aromatic rings. The van der Waals surface area contributed by atoms with Gasteiger partial charge in [-0.3, -0.25) is 4.79 Å². The number of hydrogen-bond donors (Lipinski definition) is 3. The van der Waals surface area contributed by atoms with Crippen molar-refractivity contribution < 1.29 is 18.2 Å². The van der Waals surface area contributed by atoms with Gasteiger partial charge in [0.05, 0.1) is 4.90 Å². The normalized spacial score (nSPS) is 16.3. The van der Waals surface area contributed by atoms with Crippen LogP contribution in [0.4, 0.5) is 0 Å². The molecule has 1 amide bonds. The highest BCUT2D eigenvalue weighted by Gasteiger charge is 2.31. The van der Waals surface area contributed by atoms with E-state index < -0.39 is 21.1 Å². The van der Waals surface area contributed by atoms with Gasteiger partial charge in [-0.25, -0.2) is 23.5 Å². The maximum atomic E-state index is 13.4. The molecule has 0 spiro atoms. The third kappa shape index (κ3) is 7.10. The zero-order valence-corrected chi connectivity index (χ0v) is 20.4. The third-order valence-electron chi connectivity index (χ3n) is 5.90. The largest absolute Gasteiger partial charge is 0.365 e. The molecule has 4 N–H and O–H groups in total. The maximum absolute atomic E-state index is 13.4. The van der Waals surface area contributed by atoms with E-state index in [0.717, 1.165) is 25.0 Å². The van der Waals surface area contributed by atoms with E-state index in [0.29, 0.717) is 24.9 Å². The number of sulfonamides is 1. The van der Waals surface area contributed by atoms with Gasteiger partial charge in [-0.05, 0) is 30.8 Å². The molecule has 13 heteroatoms. The molecule has 1 heterocycles. The lowest BCUT2D eigenvalue weighted by atomic mass is 10.1. The van der Waals surface area contributed by atoms with Crippen LogP contribution in [0.2, 0.25) is 0 Å². The van der Waals surface area contributed by atoms with Crippen molar-refractivity contribution >= 4 is 32.7 Å². The molecule has 1 saturated heterocycles. The first kappa shape index (κ1) is 26.3. The Kier molecular flexibility index (Phi) is 8.95. The first-order valence-electron chi connectivity index (χ1n) is 11.4. The van der Waals surface area contributed by atoms with Crippen molar-refractivity contribution in [3.63, 3.8) is 0 Å². The Labute approximate surface area is 204 Å². The summed E-state index contributed by atoms with van der Waals surface area (Å²) in [5, 5.41) is 11.0. The molecule has 190 valence electrons. The molecule has 1 aliphatic heterocycles. The van der Waals surface area contributed by atoms with Crippen molar-refractivity contribution in [2.24, 2.45) is 10.7 Å². The topological polar surface area (TPSA) is 163 Å². The van der Waals surface area contributed by atoms with Crippen molar-refractivity contribution in [1.82, 2.24) is 19.9 Å². The highest BCUT2D eigenvalue weighted by molar-refractivity contribution is 7.89. The van der Waals surface area contributed by atoms with Crippen molar-refractivity contribution in [3.05, 3.63) is 52.6 Å². The summed E-state index contributed by atoms with van der Waals surface area (Å²) in [6.07, 6.45) is 0.454. The van der Waals surface area contributed by atoms with Gasteiger partial charge < -0.3 is 15.5 Å². The summed E-state index contributed by atoms with van der Waals surface area (Å²) in [4.78, 5) is 31.7. The number of benzene rings is 2. The number of nitro groups is 1. The van der Waals surface area contributed by atoms with E-state index in [1.807, 2.05) is 18.2 Å². The van der Waals surface area contributed by atoms with E-state index in [9.17, 15) is 23.3 Å². The summed E-state index contributed by atoms with van der Waals surface area (Å²) in [7, 11) is -4.02. The van der Waals surface area contributed by atoms with Gasteiger partial charge in [0.25, 0.3) is 5.96 Å². The highest BCUT2D eigenvalue weighted by Crippen LogP contribution is 2.23. The van der Waals surface area contributed by atoms with Crippen molar-refractivity contribution in [1.29, 1.82) is 0 Å². The Hall–Kier alpha value is -3.29. The number of amides is 1. The molecule has 1 fully saturated rings. The summed E-state index contributed by atoms with van der Waals surface area (Å²) in [5.41, 5.74) is 7.18. The number of rotatable bonds is 10. The standard InChI is InChI=1S/C22H31N7O5S/c1-2-27-13-15-28(16-14-27)21(30)19(10-6-12-24-22(23)25-29(31)32)26-35(33,34)20-11-5-8-17-7-3-4-9-18(17)20/h3-5,7-9,11,19,26H,2,6,10,12-16H2,1H3,(H3,23,24,25)/t19-/m0/s1. The average Bonchev–Trinajstić information content (AvgIpc) is 2.84. The smallest absolute Gasteiger partial charge is 0.251 e. The molecule has 0 radical (unpaired) electrons. The number of nitrogens with one attached hydrogen (secondary N) is 2. The lowest BCUT2D eigenvalue weighted by Crippen LogP contribution is -2.54. The molecule has 35 heavy (non-hydrogen) atoms. The minimum atomic E-state index is -4.02. The fraction of sp³-hybridized carbons (Fsp3) is 0.455. The third-order valence-corrected chi connectivity index (χ3v) is 7.43. The molecule has 0 unspecified atom stereocenters. The molecule has 0 aliphatic carbocycles. The van der Waals surface area contributed by atoms with E-state index in [1.165, 1.54) is 6.07 Å². The maximum Gasteiger partial charge on any atom is 0.251 e. The monoisotopic (exact) mass is 505 g/mol. The van der Waals surface area contributed by atoms with Crippen molar-refractivity contribution in [2.45, 2.75) is 30.7 Å². The predicted molar refractivity (Wildman–Crippen MR) is 133 cm³/mol. The summed E-state index contributed by atoms with van der Waals surface area (Å²) >= 11 is 0. The number of guanidine groups is 1. The van der Waals surface area contributed by atoms with Crippen LogP contribution in [-0.4, -0.2) is 80.4 Å². The van der Waals surface area contributed by atoms with Gasteiger partial charge in [0.2, 0.25) is 15.9 Å². The van der Waals surface area contributed by atoms with Crippen LogP contribution in [0.3, 0.4) is 0 Å². The fourth-order valence-electron chi connectivity index (χ4n) is 4.04. The first-order chi connectivity index (χ1) is 16.7. The molecule has 12 nitrogen and oxygen atoms in total. The lowest BCUT2D eigenvalue weighted by Gasteiger charge is -2.36. The molecular formula is C22H31N7O5S. The van der Waals surface area contributed by atoms with Crippen molar-refractivity contribution in [2.75, 3.05) is 39.3 Å². The van der Waals surface area contributed by atoms with Gasteiger partial charge in [-0.1, -0.05) is 48.7 Å². The number of nitrogens with zero attached hydrogens (tertiary/aromatic N) is 4. The Morgan fingerprint density at radius 3 is 2.54 bits per heavy atom. The number of hydrogen-bond acceptors (Lipinski definition) is 7. The minimum Gasteiger partial charge on any atom is -0.365 e. The Morgan fingerprint density at radius 1 is 1.17 bits per heavy atom. The van der Waals surface area contributed by atoms with Crippen LogP contribution >= 0.6 is 0 Å². The number of carbonyl (C=O) groups is 1. The molecule has 0 aromatic heterocycles. The van der Waals surface area contributed by atoms with E-state index >= 15 is 0 Å². The minimum absolute atomic E-state index is 0.0933. The van der Waals surface area contributed by atoms with Gasteiger partial charge in [-0.15, -0.1) is 0 Å². The number of hydrazine groups is 1. The van der Waals surface area contributed by atoms with E-state index in [2.05, 4.69) is 21.5 Å². The highest BCUT2D eigenvalue weighted by atomic mass is 32.2. The molecule has 0 saturated carbocycles. The summed E-state index contributed by atoms with van der Waals surface area (Å²) in [6.45, 7) is 5.50. The zero-order valence-electron chi connectivity index (χ0n) is 19.6. The quantitative estimate of drug-likeness (QED) is 0.138. The van der Waals surface area contributed by atoms with Crippen LogP contribution in [0.5, 0.6) is 0 Å². The van der Waals surface area contributed by atoms with Gasteiger partial charge >= 0.3 is 0 Å². The number of nitrogens with two attached hydrogens (primary N) is 1. The second-order valence-corrected chi connectivity index (χ2v) is 9.87. The van der Waals surface area contributed by atoms with Gasteiger partial charge in [0.1, 0.15) is 6.04 Å². The molecular weight excluding hydrogens is 474 g/mol. The van der Waals surface area contributed by atoms with Crippen LogP contribution in [0.1, 0.15) is 19.8 Å². The van der Waals surface area contributed by atoms with Crippen LogP contribution in [0, 0.1) is 10.1 Å². The average molecular weight is 506 g/mol. The summed E-state index contributed by atoms with van der Waals surface area (Å²) < 4.78 is 29.4. The van der Waals surface area contributed by atoms with E-state index in [1.54, 1.807) is 28.5 Å². The number of aliphatic imine (C=N–C) groups is 1. The van der Waals surface area contributed by atoms with Crippen LogP contribution in [0.15, 0.2) is 52.4 Å². The molecule has 3 rings (SSSR count). The summed E-state index contributed by atoms with van der Waals surface area (Å²) in [5.74, 6) is -0.658. The van der Waals surface area contributed by atoms with Crippen molar-refractivity contribution in [3.8, 4) is 0 Å². The Balaban J connectivity index is 1.78. The Morgan fingerprint density at radius 2 is 1.86 bits per heavy atom. The molecule has 0 bridgehead atoms. The van der Waals surface area contributed by atoms with Crippen LogP contribution in [-0.2, 0) is 14.8 Å². The second kappa shape index (κ2) is 11.9. The van der Waals surface area contributed by atoms with Gasteiger partial charge in [0.15, 0.2) is 5.03 Å². The van der Waals surface area contributed by atoms with Gasteiger partial charge in [-0.2, -0.15) is 4.72 Å². The number of carbonyl (C=O) groups excluding carboxylic acids is 1. The second-order valence-electron chi connectivity index (χ2n) is 8.19. The SMILES string of the molecule is CCN1CCN(C(=O)[C@H](CCCN=C(N)N[N+](=O)[O-])NS(=O)(=O)c2cccc3ccccc23)CC1. The number of likely N-dealkylation sites (N-methyl/N-ethyl adjacent to an activating group) is 1. The lowest BCUT2D eigenvalue weighted by molar-refractivity contribution is -0.525. The summed E-state index contributed by atoms with van der Waals surface area (Å²) in [6, 6.07) is 11.1. The first-order valence-corrected chi connectivity index (χ1v) is 12.9. The number of fused-ring (bicyclic) bond motifs is 1. The molecule has 2 aromatic carbocycles. The number of piperazine rings is 1. The van der Waals surface area contributed by atoms with Crippen LogP contribution < -0.4 is 15.9 Å². The zero-order chi connectivity index (χ0) is 25.4. The van der Waals surface area contributed by atoms with E-state index in [4.69, 9.17) is 5.73 Å². The Bertz CT molecular complexity index is 1170. The van der Waals surface area contributed by atoms with Crippen LogP contribution in [0.25, 0.3) is 10.8 Å². The molecule has 1 atom stereocenters. The molecule has 1 aliphatic rings. The fourth-order valence-corrected chi connectivity index (χ4v) is 5.50. The van der Waals surface area contributed by atoms with E-state index in [-0.39, 0.29) is 29.7 Å². The predicted octanol–water partition coefficient (Wildman–Crippen LogP) is 0.527. The van der Waals surface area contributed by atoms with Gasteiger partial charge in [0, 0.05) is 38.1 Å².